The maximum atomic E-state index is 11.3. The summed E-state index contributed by atoms with van der Waals surface area (Å²) in [5.74, 6) is 0.0875. The van der Waals surface area contributed by atoms with Crippen molar-refractivity contribution in [3.63, 3.8) is 0 Å². The van der Waals surface area contributed by atoms with Crippen molar-refractivity contribution in [3.8, 4) is 6.19 Å². The van der Waals surface area contributed by atoms with Crippen LogP contribution in [-0.2, 0) is 0 Å². The van der Waals surface area contributed by atoms with Gasteiger partial charge in [0.25, 0.3) is 5.69 Å². The minimum absolute atomic E-state index is 0.0419. The summed E-state index contributed by atoms with van der Waals surface area (Å²) in [5, 5.41) is 22.7. The summed E-state index contributed by atoms with van der Waals surface area (Å²) in [5.41, 5.74) is 0.492. The van der Waals surface area contributed by atoms with Gasteiger partial charge >= 0.3 is 0 Å². The van der Waals surface area contributed by atoms with Crippen LogP contribution < -0.4 is 5.32 Å². The molecule has 0 aliphatic rings. The number of anilines is 1. The number of rotatable bonds is 4. The van der Waals surface area contributed by atoms with E-state index < -0.39 is 4.92 Å². The van der Waals surface area contributed by atoms with Gasteiger partial charge in [0, 0.05) is 18.5 Å². The van der Waals surface area contributed by atoms with Gasteiger partial charge in [-0.25, -0.2) is 15.0 Å². The predicted molar refractivity (Wildman–Crippen MR) is 83.1 cm³/mol. The lowest BCUT2D eigenvalue weighted by Crippen LogP contribution is -1.98. The van der Waals surface area contributed by atoms with Gasteiger partial charge in [-0.15, -0.1) is 0 Å². The molecule has 0 aliphatic heterocycles. The third-order valence-electron chi connectivity index (χ3n) is 2.75. The molecule has 114 valence electrons. The average Bonchev–Trinajstić information content (AvgIpc) is 3.01. The van der Waals surface area contributed by atoms with E-state index >= 15 is 0 Å². The zero-order valence-electron chi connectivity index (χ0n) is 11.1. The molecule has 3 aromatic rings. The Kier molecular flexibility index (Phi) is 3.96. The number of nitrogens with zero attached hydrogens (tertiary/aromatic N) is 5. The van der Waals surface area contributed by atoms with Crippen LogP contribution in [0.15, 0.2) is 34.6 Å². The Morgan fingerprint density at radius 1 is 1.39 bits per heavy atom. The molecule has 0 spiro atoms. The van der Waals surface area contributed by atoms with E-state index in [0.29, 0.717) is 15.6 Å². The molecular weight excluding hydrogens is 342 g/mol. The Bertz CT molecular complexity index is 939. The van der Waals surface area contributed by atoms with Crippen molar-refractivity contribution in [2.45, 2.75) is 10.1 Å². The van der Waals surface area contributed by atoms with Crippen molar-refractivity contribution in [1.82, 2.24) is 19.9 Å². The molecule has 11 heteroatoms. The number of nitriles is 1. The number of H-pyrrole nitrogens is 1. The number of hydrogen-bond donors (Lipinski definition) is 2. The van der Waals surface area contributed by atoms with Crippen LogP contribution in [0, 0.1) is 21.6 Å². The first-order valence-electron chi connectivity index (χ1n) is 6.06. The monoisotopic (exact) mass is 347 g/mol. The summed E-state index contributed by atoms with van der Waals surface area (Å²) < 4.78 is 0. The summed E-state index contributed by atoms with van der Waals surface area (Å²) in [4.78, 5) is 26.2. The molecule has 3 rings (SSSR count). The summed E-state index contributed by atoms with van der Waals surface area (Å²) in [7, 11) is 0. The lowest BCUT2D eigenvalue weighted by atomic mass is 10.2. The molecule has 0 unspecified atom stereocenters. The highest BCUT2D eigenvalue weighted by Gasteiger charge is 2.19. The zero-order chi connectivity index (χ0) is 16.4. The fourth-order valence-corrected chi connectivity index (χ4v) is 2.86. The van der Waals surface area contributed by atoms with Gasteiger partial charge < -0.3 is 4.98 Å². The molecule has 0 fully saturated rings. The van der Waals surface area contributed by atoms with Crippen LogP contribution in [0.3, 0.4) is 0 Å². The lowest BCUT2D eigenvalue weighted by molar-refractivity contribution is -0.387. The van der Waals surface area contributed by atoms with Gasteiger partial charge in [-0.3, -0.25) is 15.4 Å². The van der Waals surface area contributed by atoms with E-state index in [4.69, 9.17) is 16.9 Å². The van der Waals surface area contributed by atoms with Crippen LogP contribution in [0.25, 0.3) is 11.0 Å². The second kappa shape index (κ2) is 6.07. The van der Waals surface area contributed by atoms with Crippen molar-refractivity contribution in [2.24, 2.45) is 0 Å². The van der Waals surface area contributed by atoms with Gasteiger partial charge in [0.15, 0.2) is 22.3 Å². The van der Waals surface area contributed by atoms with Crippen molar-refractivity contribution in [2.75, 3.05) is 5.32 Å². The number of benzene rings is 1. The van der Waals surface area contributed by atoms with E-state index in [1.165, 1.54) is 12.1 Å². The molecule has 0 bridgehead atoms. The number of nitro benzene ring substituents is 1. The number of nitro groups is 1. The Hall–Kier alpha value is -2.90. The van der Waals surface area contributed by atoms with Crippen molar-refractivity contribution in [1.29, 1.82) is 5.26 Å². The SMILES string of the molecule is N#CNc1nc2cc(Sc3ncc[nH]3)c([N+](=O)[O-])cc2nc1Cl. The largest absolute Gasteiger partial charge is 0.339 e. The van der Waals surface area contributed by atoms with Gasteiger partial charge in [0.2, 0.25) is 0 Å². The fourth-order valence-electron chi connectivity index (χ4n) is 1.82. The Labute approximate surface area is 137 Å². The second-order valence-electron chi connectivity index (χ2n) is 4.16. The molecule has 1 aromatic carbocycles. The Morgan fingerprint density at radius 2 is 2.17 bits per heavy atom. The number of hydrogen-bond acceptors (Lipinski definition) is 8. The van der Waals surface area contributed by atoms with Crippen molar-refractivity contribution < 1.29 is 4.92 Å². The Balaban J connectivity index is 2.17. The van der Waals surface area contributed by atoms with Crippen LogP contribution in [0.5, 0.6) is 0 Å². The van der Waals surface area contributed by atoms with E-state index in [0.717, 1.165) is 11.8 Å². The predicted octanol–water partition coefficient (Wildman–Crippen LogP) is 2.96. The summed E-state index contributed by atoms with van der Waals surface area (Å²) in [6, 6.07) is 2.79. The van der Waals surface area contributed by atoms with Gasteiger partial charge in [0.1, 0.15) is 0 Å². The standard InChI is InChI=1S/C12H6ClN7O2S/c13-10-11(17-5-14)19-7-4-9(23-12-15-1-2-16-12)8(20(21)22)3-6(7)18-10/h1-4H,(H,15,16)(H,17,19). The molecule has 2 N–H and O–H groups in total. The van der Waals surface area contributed by atoms with E-state index in [1.807, 2.05) is 0 Å². The van der Waals surface area contributed by atoms with E-state index in [1.54, 1.807) is 18.6 Å². The number of nitrogens with one attached hydrogen (secondary N) is 2. The molecule has 0 amide bonds. The fraction of sp³-hybridized carbons (Fsp3) is 0. The summed E-state index contributed by atoms with van der Waals surface area (Å²) in [6.07, 6.45) is 4.86. The second-order valence-corrected chi connectivity index (χ2v) is 5.55. The maximum absolute atomic E-state index is 11.3. The highest BCUT2D eigenvalue weighted by atomic mass is 35.5. The van der Waals surface area contributed by atoms with Crippen molar-refractivity contribution in [3.05, 3.63) is 39.8 Å². The maximum Gasteiger partial charge on any atom is 0.285 e. The molecule has 2 aromatic heterocycles. The molecule has 0 saturated carbocycles. The third kappa shape index (κ3) is 3.01. The number of halogens is 1. The smallest absolute Gasteiger partial charge is 0.285 e. The molecule has 2 heterocycles. The minimum Gasteiger partial charge on any atom is -0.339 e. The van der Waals surface area contributed by atoms with Crippen LogP contribution in [0.2, 0.25) is 5.15 Å². The van der Waals surface area contributed by atoms with Crippen LogP contribution in [0.4, 0.5) is 11.5 Å². The minimum atomic E-state index is -0.512. The van der Waals surface area contributed by atoms with E-state index in [9.17, 15) is 10.1 Å². The van der Waals surface area contributed by atoms with Gasteiger partial charge in [-0.2, -0.15) is 5.26 Å². The number of aromatic amines is 1. The highest BCUT2D eigenvalue weighted by molar-refractivity contribution is 7.99. The molecule has 0 saturated heterocycles. The van der Waals surface area contributed by atoms with Gasteiger partial charge in [0.05, 0.1) is 20.9 Å². The summed E-state index contributed by atoms with van der Waals surface area (Å²) in [6.45, 7) is 0. The van der Waals surface area contributed by atoms with Crippen LogP contribution in [0.1, 0.15) is 0 Å². The number of imidazole rings is 1. The van der Waals surface area contributed by atoms with Gasteiger partial charge in [-0.1, -0.05) is 11.6 Å². The van der Waals surface area contributed by atoms with E-state index in [-0.39, 0.29) is 22.2 Å². The molecular formula is C12H6ClN7O2S. The third-order valence-corrected chi connectivity index (χ3v) is 3.98. The molecule has 9 nitrogen and oxygen atoms in total. The molecule has 0 atom stereocenters. The first-order chi connectivity index (χ1) is 11.1. The zero-order valence-corrected chi connectivity index (χ0v) is 12.7. The topological polar surface area (TPSA) is 133 Å². The molecule has 0 aliphatic carbocycles. The Morgan fingerprint density at radius 3 is 2.83 bits per heavy atom. The molecule has 0 radical (unpaired) electrons. The average molecular weight is 348 g/mol. The van der Waals surface area contributed by atoms with Crippen molar-refractivity contribution >= 4 is 45.9 Å². The van der Waals surface area contributed by atoms with Gasteiger partial charge in [-0.05, 0) is 17.8 Å². The number of fused-ring (bicyclic) bond motifs is 1. The lowest BCUT2D eigenvalue weighted by Gasteiger charge is -2.06. The first kappa shape index (κ1) is 15.0. The van der Waals surface area contributed by atoms with E-state index in [2.05, 4.69) is 25.3 Å². The van der Waals surface area contributed by atoms with Crippen LogP contribution >= 0.6 is 23.4 Å². The summed E-state index contributed by atoms with van der Waals surface area (Å²) >= 11 is 6.98. The quantitative estimate of drug-likeness (QED) is 0.318. The van der Waals surface area contributed by atoms with Crippen LogP contribution in [-0.4, -0.2) is 24.9 Å². The highest BCUT2D eigenvalue weighted by Crippen LogP contribution is 2.36. The number of aromatic nitrogens is 4. The normalized spacial score (nSPS) is 10.4. The molecule has 23 heavy (non-hydrogen) atoms. The first-order valence-corrected chi connectivity index (χ1v) is 7.26.